The summed E-state index contributed by atoms with van der Waals surface area (Å²) in [6, 6.07) is 22.3. The van der Waals surface area contributed by atoms with Crippen LogP contribution in [-0.4, -0.2) is 61.4 Å². The van der Waals surface area contributed by atoms with Crippen LogP contribution in [0.25, 0.3) is 0 Å². The Hall–Kier alpha value is -3.09. The summed E-state index contributed by atoms with van der Waals surface area (Å²) >= 11 is 0. The van der Waals surface area contributed by atoms with E-state index in [1.165, 1.54) is 24.3 Å². The van der Waals surface area contributed by atoms with Crippen molar-refractivity contribution in [2.24, 2.45) is 0 Å². The molecule has 6 heteroatoms. The second kappa shape index (κ2) is 11.9. The van der Waals surface area contributed by atoms with Gasteiger partial charge in [-0.25, -0.2) is 8.78 Å². The van der Waals surface area contributed by atoms with E-state index in [1.807, 2.05) is 30.3 Å². The van der Waals surface area contributed by atoms with E-state index in [2.05, 4.69) is 14.7 Å². The van der Waals surface area contributed by atoms with E-state index in [1.54, 1.807) is 24.3 Å². The zero-order valence-corrected chi connectivity index (χ0v) is 19.4. The second-order valence-electron chi connectivity index (χ2n) is 8.68. The fourth-order valence-corrected chi connectivity index (χ4v) is 4.37. The zero-order chi connectivity index (χ0) is 23.8. The largest absolute Gasteiger partial charge is 0.341 e. The van der Waals surface area contributed by atoms with Crippen LogP contribution in [0.15, 0.2) is 78.9 Å². The minimum atomic E-state index is -0.272. The molecular formula is C28H31F2N3O. The fraction of sp³-hybridized carbons (Fsp3) is 0.321. The van der Waals surface area contributed by atoms with Gasteiger partial charge in [0.15, 0.2) is 5.78 Å². The first-order valence-electron chi connectivity index (χ1n) is 11.9. The number of hydrogen-bond donors (Lipinski definition) is 0. The van der Waals surface area contributed by atoms with Gasteiger partial charge in [0.1, 0.15) is 11.6 Å². The Morgan fingerprint density at radius 1 is 0.706 bits per heavy atom. The number of benzene rings is 3. The highest BCUT2D eigenvalue weighted by molar-refractivity contribution is 5.96. The lowest BCUT2D eigenvalue weighted by Gasteiger charge is -2.35. The van der Waals surface area contributed by atoms with E-state index < -0.39 is 0 Å². The molecule has 0 radical (unpaired) electrons. The quantitative estimate of drug-likeness (QED) is 0.377. The Morgan fingerprint density at radius 2 is 1.21 bits per heavy atom. The lowest BCUT2D eigenvalue weighted by atomic mass is 10.1. The van der Waals surface area contributed by atoms with Crippen LogP contribution in [0.1, 0.15) is 23.2 Å². The van der Waals surface area contributed by atoms with E-state index in [4.69, 9.17) is 0 Å². The Labute approximate surface area is 200 Å². The Morgan fingerprint density at radius 3 is 1.74 bits per heavy atom. The summed E-state index contributed by atoms with van der Waals surface area (Å²) in [5.74, 6) is -0.345. The summed E-state index contributed by atoms with van der Waals surface area (Å²) < 4.78 is 26.8. The van der Waals surface area contributed by atoms with Gasteiger partial charge in [-0.15, -0.1) is 0 Å². The van der Waals surface area contributed by atoms with E-state index in [0.29, 0.717) is 6.42 Å². The van der Waals surface area contributed by atoms with Crippen LogP contribution in [0, 0.1) is 11.6 Å². The Balaban J connectivity index is 1.24. The molecule has 1 fully saturated rings. The number of carbonyl (C=O) groups excluding carboxylic acids is 1. The fourth-order valence-electron chi connectivity index (χ4n) is 4.37. The van der Waals surface area contributed by atoms with Crippen LogP contribution in [0.3, 0.4) is 0 Å². The molecule has 0 aromatic heterocycles. The third kappa shape index (κ3) is 6.72. The van der Waals surface area contributed by atoms with Crippen LogP contribution in [0.2, 0.25) is 0 Å². The summed E-state index contributed by atoms with van der Waals surface area (Å²) in [5.41, 5.74) is 2.56. The van der Waals surface area contributed by atoms with Gasteiger partial charge in [-0.3, -0.25) is 4.79 Å². The number of hydrogen-bond acceptors (Lipinski definition) is 4. The smallest absolute Gasteiger partial charge is 0.164 e. The molecule has 4 nitrogen and oxygen atoms in total. The molecule has 0 atom stereocenters. The van der Waals surface area contributed by atoms with Crippen LogP contribution < -0.4 is 4.90 Å². The molecule has 178 valence electrons. The highest BCUT2D eigenvalue weighted by Crippen LogP contribution is 2.26. The Kier molecular flexibility index (Phi) is 8.39. The standard InChI is InChI=1S/C28H31F2N3O/c29-24-7-11-26(12-8-24)33(27-13-9-25(30)10-14-27)17-4-16-31-19-21-32(22-20-31)18-15-28(34)23-5-2-1-3-6-23/h1-3,5-14H,4,15-22H2. The second-order valence-corrected chi connectivity index (χ2v) is 8.68. The summed E-state index contributed by atoms with van der Waals surface area (Å²) in [7, 11) is 0. The Bertz CT molecular complexity index is 988. The first kappa shape index (κ1) is 24.0. The van der Waals surface area contributed by atoms with Gasteiger partial charge in [-0.1, -0.05) is 30.3 Å². The van der Waals surface area contributed by atoms with Crippen LogP contribution in [0.4, 0.5) is 20.2 Å². The molecule has 0 aliphatic carbocycles. The molecule has 3 aromatic rings. The van der Waals surface area contributed by atoms with Gasteiger partial charge in [0.25, 0.3) is 0 Å². The molecule has 0 N–H and O–H groups in total. The van der Waals surface area contributed by atoms with E-state index >= 15 is 0 Å². The summed E-state index contributed by atoms with van der Waals surface area (Å²) in [4.78, 5) is 19.3. The molecule has 34 heavy (non-hydrogen) atoms. The van der Waals surface area contributed by atoms with E-state index in [0.717, 1.165) is 69.2 Å². The molecule has 0 bridgehead atoms. The topological polar surface area (TPSA) is 26.8 Å². The van der Waals surface area contributed by atoms with Crippen molar-refractivity contribution < 1.29 is 13.6 Å². The van der Waals surface area contributed by atoms with Gasteiger partial charge >= 0.3 is 0 Å². The molecule has 1 aliphatic rings. The minimum absolute atomic E-state index is 0.199. The highest BCUT2D eigenvalue weighted by Gasteiger charge is 2.18. The van der Waals surface area contributed by atoms with Crippen molar-refractivity contribution in [2.45, 2.75) is 12.8 Å². The average Bonchev–Trinajstić information content (AvgIpc) is 2.88. The highest BCUT2D eigenvalue weighted by atomic mass is 19.1. The molecule has 1 saturated heterocycles. The summed E-state index contributed by atoms with van der Waals surface area (Å²) in [6.45, 7) is 6.38. The van der Waals surface area contributed by atoms with Crippen molar-refractivity contribution in [1.82, 2.24) is 9.80 Å². The van der Waals surface area contributed by atoms with Crippen molar-refractivity contribution in [3.8, 4) is 0 Å². The number of nitrogens with zero attached hydrogens (tertiary/aromatic N) is 3. The predicted molar refractivity (Wildman–Crippen MR) is 133 cm³/mol. The lowest BCUT2D eigenvalue weighted by Crippen LogP contribution is -2.47. The number of rotatable bonds is 10. The lowest BCUT2D eigenvalue weighted by molar-refractivity contribution is 0.0928. The number of halogens is 2. The maximum absolute atomic E-state index is 13.4. The normalized spacial score (nSPS) is 14.8. The summed E-state index contributed by atoms with van der Waals surface area (Å²) in [5, 5.41) is 0. The first-order chi connectivity index (χ1) is 16.6. The van der Waals surface area contributed by atoms with Gasteiger partial charge in [0.2, 0.25) is 0 Å². The van der Waals surface area contributed by atoms with Gasteiger partial charge in [-0.2, -0.15) is 0 Å². The minimum Gasteiger partial charge on any atom is -0.341 e. The van der Waals surface area contributed by atoms with Crippen LogP contribution in [-0.2, 0) is 0 Å². The molecule has 0 saturated carbocycles. The van der Waals surface area contributed by atoms with Gasteiger partial charge in [0, 0.05) is 62.6 Å². The van der Waals surface area contributed by atoms with Crippen molar-refractivity contribution in [3.05, 3.63) is 96.1 Å². The van der Waals surface area contributed by atoms with Gasteiger partial charge in [0.05, 0.1) is 0 Å². The third-order valence-corrected chi connectivity index (χ3v) is 6.35. The van der Waals surface area contributed by atoms with Crippen molar-refractivity contribution in [1.29, 1.82) is 0 Å². The number of piperazine rings is 1. The number of Topliss-reactive ketones (excluding diaryl/α,β-unsaturated/α-hetero) is 1. The molecule has 0 unspecified atom stereocenters. The van der Waals surface area contributed by atoms with E-state index in [9.17, 15) is 13.6 Å². The maximum atomic E-state index is 13.4. The van der Waals surface area contributed by atoms with E-state index in [-0.39, 0.29) is 17.4 Å². The number of ketones is 1. The van der Waals surface area contributed by atoms with Gasteiger partial charge < -0.3 is 14.7 Å². The first-order valence-corrected chi connectivity index (χ1v) is 11.9. The van der Waals surface area contributed by atoms with Crippen molar-refractivity contribution in [3.63, 3.8) is 0 Å². The molecule has 0 amide bonds. The summed E-state index contributed by atoms with van der Waals surface area (Å²) in [6.07, 6.45) is 1.48. The van der Waals surface area contributed by atoms with Crippen LogP contribution in [0.5, 0.6) is 0 Å². The zero-order valence-electron chi connectivity index (χ0n) is 19.4. The maximum Gasteiger partial charge on any atom is 0.164 e. The molecule has 1 heterocycles. The molecule has 4 rings (SSSR count). The number of anilines is 2. The third-order valence-electron chi connectivity index (χ3n) is 6.35. The molecular weight excluding hydrogens is 432 g/mol. The van der Waals surface area contributed by atoms with Gasteiger partial charge in [-0.05, 0) is 61.5 Å². The van der Waals surface area contributed by atoms with Crippen molar-refractivity contribution in [2.75, 3.05) is 50.7 Å². The van der Waals surface area contributed by atoms with Crippen LogP contribution >= 0.6 is 0 Å². The average molecular weight is 464 g/mol. The molecule has 3 aromatic carbocycles. The monoisotopic (exact) mass is 463 g/mol. The predicted octanol–water partition coefficient (Wildman–Crippen LogP) is 5.38. The molecule has 1 aliphatic heterocycles. The SMILES string of the molecule is O=C(CCN1CCN(CCCN(c2ccc(F)cc2)c2ccc(F)cc2)CC1)c1ccccc1. The molecule has 0 spiro atoms. The number of carbonyl (C=O) groups is 1. The van der Waals surface area contributed by atoms with Crippen molar-refractivity contribution >= 4 is 17.2 Å².